The molecule has 10 nitrogen and oxygen atoms in total. The van der Waals surface area contributed by atoms with Crippen molar-refractivity contribution < 1.29 is 47.5 Å². The van der Waals surface area contributed by atoms with Crippen LogP contribution in [-0.2, 0) is 47.5 Å². The third-order valence-corrected chi connectivity index (χ3v) is 6.94. The van der Waals surface area contributed by atoms with Crippen LogP contribution in [0.4, 0.5) is 0 Å². The summed E-state index contributed by atoms with van der Waals surface area (Å²) in [5.41, 5.74) is -0.674. The molecule has 0 amide bonds. The molecule has 2 heterocycles. The number of carbonyl (C=O) groups is 2. The predicted molar refractivity (Wildman–Crippen MR) is 116 cm³/mol. The summed E-state index contributed by atoms with van der Waals surface area (Å²) in [5, 5.41) is 0. The minimum Gasteiger partial charge on any atom is -0.467 e. The largest absolute Gasteiger partial charge is 0.467 e. The molecule has 0 saturated carbocycles. The fourth-order valence-electron chi connectivity index (χ4n) is 5.11. The number of rotatable bonds is 11. The molecule has 2 rings (SSSR count). The first-order chi connectivity index (χ1) is 15.6. The van der Waals surface area contributed by atoms with Gasteiger partial charge in [0.05, 0.1) is 31.5 Å². The van der Waals surface area contributed by atoms with Gasteiger partial charge in [-0.05, 0) is 6.92 Å². The van der Waals surface area contributed by atoms with Crippen LogP contribution < -0.4 is 0 Å². The maximum Gasteiger partial charge on any atom is 0.337 e. The van der Waals surface area contributed by atoms with Crippen LogP contribution in [0.15, 0.2) is 0 Å². The summed E-state index contributed by atoms with van der Waals surface area (Å²) in [7, 11) is 5.92. The number of carbonyl (C=O) groups excluding carboxylic acids is 2. The number of hydrogen-bond donors (Lipinski definition) is 0. The molecule has 0 aromatic carbocycles. The molecule has 2 aliphatic rings. The molecule has 0 radical (unpaired) electrons. The predicted octanol–water partition coefficient (Wildman–Crippen LogP) is 2.07. The first-order valence-electron chi connectivity index (χ1n) is 11.3. The van der Waals surface area contributed by atoms with Crippen molar-refractivity contribution in [2.75, 3.05) is 35.2 Å². The molecule has 8 atom stereocenters. The molecule has 10 heteroatoms. The second-order valence-corrected chi connectivity index (χ2v) is 9.17. The van der Waals surface area contributed by atoms with Gasteiger partial charge < -0.3 is 42.7 Å². The summed E-state index contributed by atoms with van der Waals surface area (Å²) < 4.78 is 45.9. The number of esters is 1. The molecule has 0 N–H and O–H groups in total. The van der Waals surface area contributed by atoms with Gasteiger partial charge in [-0.25, -0.2) is 4.79 Å². The van der Waals surface area contributed by atoms with Gasteiger partial charge in [-0.1, -0.05) is 20.8 Å². The summed E-state index contributed by atoms with van der Waals surface area (Å²) in [4.78, 5) is 23.7. The van der Waals surface area contributed by atoms with E-state index in [1.165, 1.54) is 21.3 Å². The molecule has 1 spiro atoms. The average Bonchev–Trinajstić information content (AvgIpc) is 2.78. The third-order valence-electron chi connectivity index (χ3n) is 6.94. The van der Waals surface area contributed by atoms with Crippen molar-refractivity contribution in [3.8, 4) is 0 Å². The minimum atomic E-state index is -1.09. The molecule has 192 valence electrons. The number of methoxy groups -OCH3 is 4. The molecule has 0 aromatic heterocycles. The van der Waals surface area contributed by atoms with Gasteiger partial charge in [-0.2, -0.15) is 0 Å². The van der Waals surface area contributed by atoms with E-state index in [1.807, 2.05) is 20.8 Å². The van der Waals surface area contributed by atoms with Crippen molar-refractivity contribution >= 4 is 12.3 Å². The van der Waals surface area contributed by atoms with Crippen LogP contribution in [0.1, 0.15) is 47.0 Å². The van der Waals surface area contributed by atoms with Crippen molar-refractivity contribution in [2.45, 2.75) is 89.6 Å². The van der Waals surface area contributed by atoms with E-state index in [4.69, 9.17) is 37.9 Å². The van der Waals surface area contributed by atoms with Gasteiger partial charge in [0.2, 0.25) is 0 Å². The van der Waals surface area contributed by atoms with Crippen molar-refractivity contribution in [1.82, 2.24) is 0 Å². The molecular formula is C23H40O10. The summed E-state index contributed by atoms with van der Waals surface area (Å²) in [5.74, 6) is -1.81. The van der Waals surface area contributed by atoms with Crippen LogP contribution in [0.2, 0.25) is 0 Å². The van der Waals surface area contributed by atoms with Crippen molar-refractivity contribution in [3.05, 3.63) is 0 Å². The van der Waals surface area contributed by atoms with Gasteiger partial charge in [0.15, 0.2) is 18.2 Å². The van der Waals surface area contributed by atoms with E-state index in [2.05, 4.69) is 0 Å². The minimum absolute atomic E-state index is 0.0921. The summed E-state index contributed by atoms with van der Waals surface area (Å²) in [6.07, 6.45) is -1.27. The van der Waals surface area contributed by atoms with Crippen molar-refractivity contribution in [1.29, 1.82) is 0 Å². The standard InChI is InChI=1S/C23H40O10/c1-14-17(27-6)11-16(12-18(28-7)20(21(25)29-8)30-13-26-5)33-23(14)22(3,4)19(9-10-24)31-15(2)32-23/h10,14-20H,9,11-13H2,1-8H3/t14-,15+,16-,17-,18-,19?,20+,23?/m0/s1. The molecule has 33 heavy (non-hydrogen) atoms. The number of ether oxygens (including phenoxy) is 8. The Morgan fingerprint density at radius 1 is 1.15 bits per heavy atom. The lowest BCUT2D eigenvalue weighted by molar-refractivity contribution is -0.453. The lowest BCUT2D eigenvalue weighted by atomic mass is 9.67. The zero-order chi connectivity index (χ0) is 24.8. The van der Waals surface area contributed by atoms with E-state index >= 15 is 0 Å². The second kappa shape index (κ2) is 12.0. The molecule has 0 bridgehead atoms. The fraction of sp³-hybridized carbons (Fsp3) is 0.913. The molecule has 2 unspecified atom stereocenters. The third kappa shape index (κ3) is 5.75. The van der Waals surface area contributed by atoms with E-state index in [9.17, 15) is 9.59 Å². The first kappa shape index (κ1) is 28.1. The Morgan fingerprint density at radius 2 is 1.85 bits per heavy atom. The number of hydrogen-bond acceptors (Lipinski definition) is 10. The van der Waals surface area contributed by atoms with E-state index in [0.29, 0.717) is 12.8 Å². The topological polar surface area (TPSA) is 108 Å². The smallest absolute Gasteiger partial charge is 0.337 e. The molecule has 0 aromatic rings. The SMILES string of the molecule is COCO[C@@H](C(=O)OC)[C@H](C[C@@H]1C[C@H](OC)[C@H](C)C2(O1)O[C@H](C)OC(CC=O)C2(C)C)OC. The quantitative estimate of drug-likeness (QED) is 0.250. The highest BCUT2D eigenvalue weighted by Crippen LogP contribution is 2.54. The highest BCUT2D eigenvalue weighted by atomic mass is 16.8. The average molecular weight is 477 g/mol. The highest BCUT2D eigenvalue weighted by Gasteiger charge is 2.64. The van der Waals surface area contributed by atoms with Crippen LogP contribution >= 0.6 is 0 Å². The zero-order valence-electron chi connectivity index (χ0n) is 21.0. The van der Waals surface area contributed by atoms with Crippen LogP contribution in [0.3, 0.4) is 0 Å². The lowest BCUT2D eigenvalue weighted by Crippen LogP contribution is -2.69. The maximum atomic E-state index is 12.4. The summed E-state index contributed by atoms with van der Waals surface area (Å²) in [6.45, 7) is 7.68. The van der Waals surface area contributed by atoms with Crippen LogP contribution in [-0.4, -0.2) is 90.1 Å². The molecule has 2 aliphatic heterocycles. The monoisotopic (exact) mass is 476 g/mol. The lowest BCUT2D eigenvalue weighted by Gasteiger charge is -2.61. The Balaban J connectivity index is 2.37. The summed E-state index contributed by atoms with van der Waals surface area (Å²) in [6, 6.07) is 0. The Labute approximate surface area is 196 Å². The Bertz CT molecular complexity index is 641. The molecule has 2 fully saturated rings. The van der Waals surface area contributed by atoms with Gasteiger partial charge in [0, 0.05) is 51.9 Å². The first-order valence-corrected chi connectivity index (χ1v) is 11.3. The highest BCUT2D eigenvalue weighted by molar-refractivity contribution is 5.75. The molecule has 0 aliphatic carbocycles. The van der Waals surface area contributed by atoms with Gasteiger partial charge in [0.1, 0.15) is 13.1 Å². The maximum absolute atomic E-state index is 12.4. The zero-order valence-corrected chi connectivity index (χ0v) is 21.0. The van der Waals surface area contributed by atoms with Gasteiger partial charge in [-0.3, -0.25) is 0 Å². The Morgan fingerprint density at radius 3 is 2.39 bits per heavy atom. The van der Waals surface area contributed by atoms with Gasteiger partial charge >= 0.3 is 5.97 Å². The van der Waals surface area contributed by atoms with E-state index < -0.39 is 47.9 Å². The number of aldehydes is 1. The van der Waals surface area contributed by atoms with E-state index in [1.54, 1.807) is 14.0 Å². The van der Waals surface area contributed by atoms with Crippen molar-refractivity contribution in [2.24, 2.45) is 11.3 Å². The van der Waals surface area contributed by atoms with Crippen LogP contribution in [0.5, 0.6) is 0 Å². The van der Waals surface area contributed by atoms with E-state index in [0.717, 1.165) is 6.29 Å². The van der Waals surface area contributed by atoms with Crippen LogP contribution in [0, 0.1) is 11.3 Å². The normalized spacial score (nSPS) is 35.7. The second-order valence-electron chi connectivity index (χ2n) is 9.17. The molecular weight excluding hydrogens is 436 g/mol. The Hall–Kier alpha value is -1.14. The summed E-state index contributed by atoms with van der Waals surface area (Å²) >= 11 is 0. The Kier molecular flexibility index (Phi) is 10.2. The van der Waals surface area contributed by atoms with Gasteiger partial charge in [-0.15, -0.1) is 0 Å². The van der Waals surface area contributed by atoms with Gasteiger partial charge in [0.25, 0.3) is 0 Å². The fourth-order valence-corrected chi connectivity index (χ4v) is 5.11. The van der Waals surface area contributed by atoms with E-state index in [-0.39, 0.29) is 25.2 Å². The van der Waals surface area contributed by atoms with Crippen LogP contribution in [0.25, 0.3) is 0 Å². The molecule has 2 saturated heterocycles. The van der Waals surface area contributed by atoms with Crippen molar-refractivity contribution in [3.63, 3.8) is 0 Å².